The first-order chi connectivity index (χ1) is 12.2. The minimum absolute atomic E-state index is 0.0536. The van der Waals surface area contributed by atoms with Gasteiger partial charge in [0.05, 0.1) is 11.5 Å². The Labute approximate surface area is 163 Å². The van der Waals surface area contributed by atoms with Crippen molar-refractivity contribution in [2.75, 3.05) is 6.54 Å². The number of nitrogens with zero attached hydrogens (tertiary/aromatic N) is 3. The second kappa shape index (κ2) is 8.60. The number of thiophene rings is 1. The molecule has 1 aliphatic rings. The summed E-state index contributed by atoms with van der Waals surface area (Å²) in [6, 6.07) is 12.0. The minimum Gasteiger partial charge on any atom is -0.285 e. The van der Waals surface area contributed by atoms with Gasteiger partial charge in [-0.25, -0.2) is 0 Å². The number of thioether (sulfide) groups is 1. The van der Waals surface area contributed by atoms with Gasteiger partial charge in [0.1, 0.15) is 0 Å². The average molecular weight is 434 g/mol. The summed E-state index contributed by atoms with van der Waals surface area (Å²) in [5, 5.41) is 10.8. The summed E-state index contributed by atoms with van der Waals surface area (Å²) >= 11 is 6.48. The van der Waals surface area contributed by atoms with Crippen LogP contribution < -0.4 is 0 Å². The molecule has 1 aromatic heterocycles. The van der Waals surface area contributed by atoms with Crippen molar-refractivity contribution in [1.82, 2.24) is 4.90 Å². The molecular weight excluding hydrogens is 418 g/mol. The monoisotopic (exact) mass is 433 g/mol. The Morgan fingerprint density at radius 2 is 2.08 bits per heavy atom. The molecule has 1 atom stereocenters. The molecule has 0 saturated carbocycles. The van der Waals surface area contributed by atoms with Crippen LogP contribution in [-0.4, -0.2) is 34.0 Å². The smallest absolute Gasteiger partial charge is 0.242 e. The zero-order valence-corrected chi connectivity index (χ0v) is 16.6. The summed E-state index contributed by atoms with van der Waals surface area (Å²) < 4.78 is 1.03. The SMILES string of the molecule is C=CCN1C(=O)C(Cc2ccc(Br)cc2)S/C1=N/N=C\c1cccs1. The van der Waals surface area contributed by atoms with Crippen LogP contribution >= 0.6 is 39.0 Å². The standard InChI is InChI=1S/C18H16BrN3OS2/c1-2-9-22-17(23)16(11-13-5-7-14(19)8-6-13)25-18(22)21-20-12-15-4-3-10-24-15/h2-8,10,12,16H,1,9,11H2/b20-12-,21-18+. The Morgan fingerprint density at radius 1 is 1.28 bits per heavy atom. The molecule has 0 spiro atoms. The third kappa shape index (κ3) is 4.68. The van der Waals surface area contributed by atoms with E-state index >= 15 is 0 Å². The molecule has 128 valence electrons. The maximum atomic E-state index is 12.7. The van der Waals surface area contributed by atoms with Crippen molar-refractivity contribution in [3.63, 3.8) is 0 Å². The molecule has 1 saturated heterocycles. The molecule has 0 radical (unpaired) electrons. The molecule has 7 heteroatoms. The molecule has 0 N–H and O–H groups in total. The summed E-state index contributed by atoms with van der Waals surface area (Å²) in [4.78, 5) is 15.4. The van der Waals surface area contributed by atoms with Gasteiger partial charge in [-0.3, -0.25) is 9.69 Å². The Kier molecular flexibility index (Phi) is 6.23. The van der Waals surface area contributed by atoms with Crippen LogP contribution in [0.2, 0.25) is 0 Å². The number of carbonyl (C=O) groups is 1. The molecule has 3 rings (SSSR count). The van der Waals surface area contributed by atoms with Gasteiger partial charge < -0.3 is 0 Å². The van der Waals surface area contributed by atoms with E-state index in [1.807, 2.05) is 41.8 Å². The van der Waals surface area contributed by atoms with E-state index in [4.69, 9.17) is 0 Å². The van der Waals surface area contributed by atoms with Gasteiger partial charge in [-0.2, -0.15) is 5.10 Å². The minimum atomic E-state index is -0.184. The number of hydrogen-bond acceptors (Lipinski definition) is 5. The molecule has 4 nitrogen and oxygen atoms in total. The lowest BCUT2D eigenvalue weighted by Gasteiger charge is -2.12. The van der Waals surface area contributed by atoms with Crippen molar-refractivity contribution in [2.24, 2.45) is 10.2 Å². The number of benzene rings is 1. The van der Waals surface area contributed by atoms with E-state index in [9.17, 15) is 4.79 Å². The van der Waals surface area contributed by atoms with Gasteiger partial charge in [0.2, 0.25) is 5.91 Å². The lowest BCUT2D eigenvalue weighted by Crippen LogP contribution is -2.32. The van der Waals surface area contributed by atoms with E-state index in [1.54, 1.807) is 28.5 Å². The Morgan fingerprint density at radius 3 is 2.76 bits per heavy atom. The van der Waals surface area contributed by atoms with Crippen molar-refractivity contribution in [3.05, 3.63) is 69.3 Å². The Hall–Kier alpha value is -1.70. The van der Waals surface area contributed by atoms with Crippen molar-refractivity contribution in [1.29, 1.82) is 0 Å². The third-order valence-corrected chi connectivity index (χ3v) is 6.04. The van der Waals surface area contributed by atoms with Crippen molar-refractivity contribution >= 4 is 56.3 Å². The first-order valence-electron chi connectivity index (χ1n) is 7.65. The fourth-order valence-electron chi connectivity index (χ4n) is 2.35. The van der Waals surface area contributed by atoms with E-state index in [-0.39, 0.29) is 11.2 Å². The zero-order valence-electron chi connectivity index (χ0n) is 13.3. The van der Waals surface area contributed by atoms with Crippen LogP contribution in [0, 0.1) is 0 Å². The van der Waals surface area contributed by atoms with Crippen LogP contribution in [0.1, 0.15) is 10.4 Å². The lowest BCUT2D eigenvalue weighted by molar-refractivity contribution is -0.125. The summed E-state index contributed by atoms with van der Waals surface area (Å²) in [7, 11) is 0. The van der Waals surface area contributed by atoms with Crippen LogP contribution in [0.5, 0.6) is 0 Å². The number of hydrogen-bond donors (Lipinski definition) is 0. The van der Waals surface area contributed by atoms with Crippen LogP contribution in [0.15, 0.2) is 69.1 Å². The van der Waals surface area contributed by atoms with E-state index in [0.29, 0.717) is 18.1 Å². The number of amidine groups is 1. The van der Waals surface area contributed by atoms with Gasteiger partial charge in [0.25, 0.3) is 0 Å². The van der Waals surface area contributed by atoms with Crippen LogP contribution in [0.3, 0.4) is 0 Å². The first-order valence-corrected chi connectivity index (χ1v) is 10.2. The normalized spacial score (nSPS) is 19.2. The van der Waals surface area contributed by atoms with Crippen molar-refractivity contribution < 1.29 is 4.79 Å². The molecule has 2 heterocycles. The summed E-state index contributed by atoms with van der Waals surface area (Å²) in [6.07, 6.45) is 4.08. The predicted octanol–water partition coefficient (Wildman–Crippen LogP) is 4.57. The van der Waals surface area contributed by atoms with Gasteiger partial charge in [-0.1, -0.05) is 52.0 Å². The molecule has 1 unspecified atom stereocenters. The topological polar surface area (TPSA) is 45.0 Å². The Balaban J connectivity index is 1.74. The highest BCUT2D eigenvalue weighted by atomic mass is 79.9. The molecule has 25 heavy (non-hydrogen) atoms. The molecule has 1 amide bonds. The van der Waals surface area contributed by atoms with Gasteiger partial charge in [-0.15, -0.1) is 23.0 Å². The molecule has 0 aliphatic carbocycles. The number of halogens is 1. The van der Waals surface area contributed by atoms with Crippen molar-refractivity contribution in [2.45, 2.75) is 11.7 Å². The average Bonchev–Trinajstić information content (AvgIpc) is 3.21. The fourth-order valence-corrected chi connectivity index (χ4v) is 4.34. The molecule has 1 aromatic carbocycles. The van der Waals surface area contributed by atoms with Crippen molar-refractivity contribution in [3.8, 4) is 0 Å². The highest BCUT2D eigenvalue weighted by Crippen LogP contribution is 2.30. The highest BCUT2D eigenvalue weighted by molar-refractivity contribution is 9.10. The largest absolute Gasteiger partial charge is 0.285 e. The predicted molar refractivity (Wildman–Crippen MR) is 110 cm³/mol. The van der Waals surface area contributed by atoms with Gasteiger partial charge in [-0.05, 0) is 35.6 Å². The molecule has 1 aliphatic heterocycles. The maximum absolute atomic E-state index is 12.7. The zero-order chi connectivity index (χ0) is 17.6. The number of rotatable bonds is 6. The van der Waals surface area contributed by atoms with E-state index in [2.05, 4.69) is 32.7 Å². The van der Waals surface area contributed by atoms with Crippen LogP contribution in [-0.2, 0) is 11.2 Å². The maximum Gasteiger partial charge on any atom is 0.242 e. The lowest BCUT2D eigenvalue weighted by atomic mass is 10.1. The summed E-state index contributed by atoms with van der Waals surface area (Å²) in [5.74, 6) is 0.0536. The number of carbonyl (C=O) groups excluding carboxylic acids is 1. The third-order valence-electron chi connectivity index (χ3n) is 3.54. The summed E-state index contributed by atoms with van der Waals surface area (Å²) in [6.45, 7) is 4.17. The highest BCUT2D eigenvalue weighted by Gasteiger charge is 2.37. The number of amides is 1. The molecule has 2 aromatic rings. The summed E-state index contributed by atoms with van der Waals surface area (Å²) in [5.41, 5.74) is 1.12. The first kappa shape index (κ1) is 18.1. The van der Waals surface area contributed by atoms with Crippen LogP contribution in [0.4, 0.5) is 0 Å². The van der Waals surface area contributed by atoms with Gasteiger partial charge >= 0.3 is 0 Å². The Bertz CT molecular complexity index is 800. The second-order valence-corrected chi connectivity index (χ2v) is 8.38. The molecule has 0 bridgehead atoms. The fraction of sp³-hybridized carbons (Fsp3) is 0.167. The van der Waals surface area contributed by atoms with Crippen LogP contribution in [0.25, 0.3) is 0 Å². The second-order valence-electron chi connectivity index (χ2n) is 5.32. The van der Waals surface area contributed by atoms with E-state index in [0.717, 1.165) is 14.9 Å². The quantitative estimate of drug-likeness (QED) is 0.380. The van der Waals surface area contributed by atoms with Gasteiger partial charge in [0, 0.05) is 15.9 Å². The van der Waals surface area contributed by atoms with Gasteiger partial charge in [0.15, 0.2) is 5.17 Å². The van der Waals surface area contributed by atoms with E-state index < -0.39 is 0 Å². The van der Waals surface area contributed by atoms with E-state index in [1.165, 1.54) is 11.8 Å². The molecular formula is C18H16BrN3OS2. The molecule has 1 fully saturated rings.